The quantitative estimate of drug-likeness (QED) is 0.255. The van der Waals surface area contributed by atoms with Gasteiger partial charge in [0.15, 0.2) is 18.9 Å². The molecule has 1 heterocycles. The van der Waals surface area contributed by atoms with Crippen LogP contribution in [0.3, 0.4) is 0 Å². The lowest BCUT2D eigenvalue weighted by atomic mass is 10.3. The second kappa shape index (κ2) is 6.56. The molecule has 5 heteroatoms. The average molecular weight is 247 g/mol. The molecule has 0 spiro atoms. The monoisotopic (exact) mass is 246 g/mol. The minimum absolute atomic E-state index is 0. The Labute approximate surface area is 86.9 Å². The summed E-state index contributed by atoms with van der Waals surface area (Å²) >= 11 is 0. The summed E-state index contributed by atoms with van der Waals surface area (Å²) in [4.78, 5) is 0. The van der Waals surface area contributed by atoms with E-state index in [-0.39, 0.29) is 23.6 Å². The van der Waals surface area contributed by atoms with Crippen LogP contribution in [0, 0.1) is 0 Å². The van der Waals surface area contributed by atoms with Crippen LogP contribution in [-0.4, -0.2) is 23.1 Å². The molecule has 1 rings (SSSR count). The van der Waals surface area contributed by atoms with Gasteiger partial charge in [-0.1, -0.05) is 5.16 Å². The third kappa shape index (κ3) is 4.00. The Kier molecular flexibility index (Phi) is 6.09. The molecule has 0 bridgehead atoms. The SMILES string of the molecule is OCC[n+]1ccc(/C=N/O)cc1.[Br-]. The van der Waals surface area contributed by atoms with Gasteiger partial charge in [0.1, 0.15) is 6.61 Å². The molecule has 0 fully saturated rings. The van der Waals surface area contributed by atoms with Gasteiger partial charge in [-0.25, -0.2) is 4.57 Å². The van der Waals surface area contributed by atoms with Gasteiger partial charge in [-0.3, -0.25) is 0 Å². The summed E-state index contributed by atoms with van der Waals surface area (Å²) in [7, 11) is 0. The van der Waals surface area contributed by atoms with Crippen LogP contribution < -0.4 is 21.5 Å². The van der Waals surface area contributed by atoms with Crippen LogP contribution in [0.4, 0.5) is 0 Å². The van der Waals surface area contributed by atoms with E-state index >= 15 is 0 Å². The van der Waals surface area contributed by atoms with E-state index in [1.165, 1.54) is 6.21 Å². The molecule has 0 aliphatic carbocycles. The van der Waals surface area contributed by atoms with Crippen molar-refractivity contribution in [1.29, 1.82) is 0 Å². The Morgan fingerprint density at radius 3 is 2.46 bits per heavy atom. The van der Waals surface area contributed by atoms with E-state index in [9.17, 15) is 0 Å². The summed E-state index contributed by atoms with van der Waals surface area (Å²) in [5, 5.41) is 19.7. The largest absolute Gasteiger partial charge is 1.00 e. The number of halogens is 1. The number of aromatic nitrogens is 1. The van der Waals surface area contributed by atoms with E-state index in [2.05, 4.69) is 5.16 Å². The van der Waals surface area contributed by atoms with Crippen molar-refractivity contribution < 1.29 is 31.9 Å². The smallest absolute Gasteiger partial charge is 0.171 e. The molecule has 2 N–H and O–H groups in total. The van der Waals surface area contributed by atoms with Crippen LogP contribution in [0.25, 0.3) is 0 Å². The minimum atomic E-state index is 0. The molecule has 0 amide bonds. The number of nitrogens with zero attached hydrogens (tertiary/aromatic N) is 2. The minimum Gasteiger partial charge on any atom is -1.00 e. The van der Waals surface area contributed by atoms with E-state index in [4.69, 9.17) is 10.3 Å². The van der Waals surface area contributed by atoms with Gasteiger partial charge in [-0.2, -0.15) is 0 Å². The van der Waals surface area contributed by atoms with E-state index < -0.39 is 0 Å². The number of rotatable bonds is 3. The maximum absolute atomic E-state index is 8.61. The number of pyridine rings is 1. The van der Waals surface area contributed by atoms with Gasteiger partial charge >= 0.3 is 0 Å². The fourth-order valence-corrected chi connectivity index (χ4v) is 0.886. The fourth-order valence-electron chi connectivity index (χ4n) is 0.886. The number of oxime groups is 1. The van der Waals surface area contributed by atoms with Crippen molar-refractivity contribution in [1.82, 2.24) is 0 Å². The van der Waals surface area contributed by atoms with Crippen LogP contribution in [0.1, 0.15) is 5.56 Å². The molecule has 0 atom stereocenters. The lowest BCUT2D eigenvalue weighted by molar-refractivity contribution is -0.698. The predicted octanol–water partition coefficient (Wildman–Crippen LogP) is -3.22. The van der Waals surface area contributed by atoms with E-state index in [1.54, 1.807) is 12.1 Å². The number of aliphatic hydroxyl groups excluding tert-OH is 1. The van der Waals surface area contributed by atoms with Gasteiger partial charge in [0.25, 0.3) is 0 Å². The third-order valence-electron chi connectivity index (χ3n) is 1.48. The van der Waals surface area contributed by atoms with Gasteiger partial charge < -0.3 is 27.3 Å². The second-order valence-electron chi connectivity index (χ2n) is 2.34. The first-order valence-electron chi connectivity index (χ1n) is 3.64. The highest BCUT2D eigenvalue weighted by molar-refractivity contribution is 5.78. The van der Waals surface area contributed by atoms with Crippen LogP contribution in [0.2, 0.25) is 0 Å². The maximum atomic E-state index is 8.61. The topological polar surface area (TPSA) is 56.7 Å². The summed E-state index contributed by atoms with van der Waals surface area (Å²) in [5.41, 5.74) is 0.826. The first kappa shape index (κ1) is 12.1. The second-order valence-corrected chi connectivity index (χ2v) is 2.34. The van der Waals surface area contributed by atoms with Gasteiger partial charge in [0, 0.05) is 17.7 Å². The summed E-state index contributed by atoms with van der Waals surface area (Å²) < 4.78 is 1.84. The lowest BCUT2D eigenvalue weighted by Gasteiger charge is -1.92. The average Bonchev–Trinajstić information content (AvgIpc) is 2.09. The van der Waals surface area contributed by atoms with E-state index in [0.29, 0.717) is 6.54 Å². The normalized spacial score (nSPS) is 9.92. The zero-order chi connectivity index (χ0) is 8.81. The molecule has 0 radical (unpaired) electrons. The van der Waals surface area contributed by atoms with Crippen LogP contribution in [0.5, 0.6) is 0 Å². The number of hydrogen-bond donors (Lipinski definition) is 2. The van der Waals surface area contributed by atoms with Crippen LogP contribution in [-0.2, 0) is 6.54 Å². The zero-order valence-electron chi connectivity index (χ0n) is 6.97. The molecular formula is C8H11BrN2O2. The molecule has 72 valence electrons. The Morgan fingerprint density at radius 2 is 2.00 bits per heavy atom. The Hall–Kier alpha value is -0.940. The first-order valence-corrected chi connectivity index (χ1v) is 3.64. The standard InChI is InChI=1S/C8H10N2O2.BrH/c11-6-5-10-3-1-8(2-4-10)7-9-12;/h1-4,7,11H,5-6H2;1H. The Morgan fingerprint density at radius 1 is 1.38 bits per heavy atom. The van der Waals surface area contributed by atoms with Gasteiger partial charge in [0.05, 0.1) is 6.21 Å². The summed E-state index contributed by atoms with van der Waals surface area (Å²) in [6.45, 7) is 0.703. The molecule has 0 aliphatic rings. The van der Waals surface area contributed by atoms with Crippen molar-refractivity contribution in [2.45, 2.75) is 6.54 Å². The molecule has 4 nitrogen and oxygen atoms in total. The van der Waals surface area contributed by atoms with Gasteiger partial charge in [-0.15, -0.1) is 0 Å². The van der Waals surface area contributed by atoms with Crippen molar-refractivity contribution >= 4 is 6.21 Å². The van der Waals surface area contributed by atoms with Crippen LogP contribution in [0.15, 0.2) is 29.7 Å². The summed E-state index contributed by atoms with van der Waals surface area (Å²) in [6.07, 6.45) is 4.98. The highest BCUT2D eigenvalue weighted by atomic mass is 79.9. The zero-order valence-corrected chi connectivity index (χ0v) is 8.55. The van der Waals surface area contributed by atoms with Gasteiger partial charge in [-0.05, 0) is 0 Å². The molecule has 1 aromatic rings. The highest BCUT2D eigenvalue weighted by Crippen LogP contribution is 1.89. The molecule has 13 heavy (non-hydrogen) atoms. The molecule has 0 saturated heterocycles. The lowest BCUT2D eigenvalue weighted by Crippen LogP contribution is -3.00. The van der Waals surface area contributed by atoms with Crippen molar-refractivity contribution in [3.05, 3.63) is 30.1 Å². The molecular weight excluding hydrogens is 236 g/mol. The van der Waals surface area contributed by atoms with Crippen molar-refractivity contribution in [2.75, 3.05) is 6.61 Å². The molecule has 0 saturated carbocycles. The van der Waals surface area contributed by atoms with E-state index in [0.717, 1.165) is 5.56 Å². The first-order chi connectivity index (χ1) is 5.86. The van der Waals surface area contributed by atoms with Gasteiger partial charge in [0.2, 0.25) is 0 Å². The predicted molar refractivity (Wildman–Crippen MR) is 43.1 cm³/mol. The molecule has 0 unspecified atom stereocenters. The molecule has 0 aliphatic heterocycles. The number of hydrogen-bond acceptors (Lipinski definition) is 3. The Bertz CT molecular complexity index is 261. The number of aliphatic hydroxyl groups is 1. The fraction of sp³-hybridized carbons (Fsp3) is 0.250. The maximum Gasteiger partial charge on any atom is 0.171 e. The van der Waals surface area contributed by atoms with Crippen molar-refractivity contribution in [2.24, 2.45) is 5.16 Å². The van der Waals surface area contributed by atoms with Crippen LogP contribution >= 0.6 is 0 Å². The molecule has 1 aromatic heterocycles. The van der Waals surface area contributed by atoms with Crippen molar-refractivity contribution in [3.63, 3.8) is 0 Å². The highest BCUT2D eigenvalue weighted by Gasteiger charge is 1.96. The van der Waals surface area contributed by atoms with E-state index in [1.807, 2.05) is 17.0 Å². The third-order valence-corrected chi connectivity index (χ3v) is 1.48. The summed E-state index contributed by atoms with van der Waals surface area (Å²) in [6, 6.07) is 3.60. The van der Waals surface area contributed by atoms with Crippen molar-refractivity contribution in [3.8, 4) is 0 Å². The summed E-state index contributed by atoms with van der Waals surface area (Å²) in [5.74, 6) is 0. The molecule has 0 aromatic carbocycles. The Balaban J connectivity index is 0.00000144.